The van der Waals surface area contributed by atoms with Crippen LogP contribution in [-0.4, -0.2) is 23.4 Å². The summed E-state index contributed by atoms with van der Waals surface area (Å²) >= 11 is 3.39. The number of ether oxygens (including phenoxy) is 2. The first kappa shape index (κ1) is 24.6. The third-order valence-corrected chi connectivity index (χ3v) is 6.53. The molecule has 1 fully saturated rings. The first-order valence-corrected chi connectivity index (χ1v) is 12.8. The van der Waals surface area contributed by atoms with Crippen molar-refractivity contribution in [2.24, 2.45) is 0 Å². The van der Waals surface area contributed by atoms with Crippen LogP contribution >= 0.6 is 15.9 Å². The van der Waals surface area contributed by atoms with E-state index in [-0.39, 0.29) is 18.1 Å². The molecule has 7 heteroatoms. The molecule has 1 heterocycles. The molecule has 0 atom stereocenters. The molecule has 4 aromatic carbocycles. The number of hydrogen-bond donors (Lipinski definition) is 1. The van der Waals surface area contributed by atoms with Crippen LogP contribution in [0.15, 0.2) is 95.1 Å². The van der Waals surface area contributed by atoms with Gasteiger partial charge in [0.15, 0.2) is 11.5 Å². The number of carbonyl (C=O) groups excluding carboxylic acids is 2. The van der Waals surface area contributed by atoms with Gasteiger partial charge in [-0.2, -0.15) is 0 Å². The van der Waals surface area contributed by atoms with Crippen LogP contribution in [-0.2, 0) is 17.9 Å². The number of rotatable bonds is 8. The van der Waals surface area contributed by atoms with E-state index in [4.69, 9.17) is 9.47 Å². The Kier molecular flexibility index (Phi) is 7.23. The number of urea groups is 1. The van der Waals surface area contributed by atoms with Crippen molar-refractivity contribution in [3.05, 3.63) is 112 Å². The van der Waals surface area contributed by atoms with E-state index in [2.05, 4.69) is 51.6 Å². The van der Waals surface area contributed by atoms with Crippen LogP contribution in [0, 0.1) is 0 Å². The van der Waals surface area contributed by atoms with Crippen LogP contribution in [0.2, 0.25) is 0 Å². The van der Waals surface area contributed by atoms with E-state index in [9.17, 15) is 9.59 Å². The predicted molar refractivity (Wildman–Crippen MR) is 147 cm³/mol. The zero-order valence-corrected chi connectivity index (χ0v) is 21.8. The summed E-state index contributed by atoms with van der Waals surface area (Å²) in [5.41, 5.74) is 2.85. The van der Waals surface area contributed by atoms with E-state index in [0.29, 0.717) is 24.7 Å². The fourth-order valence-electron chi connectivity index (χ4n) is 4.15. The van der Waals surface area contributed by atoms with Crippen LogP contribution in [0.25, 0.3) is 16.8 Å². The Morgan fingerprint density at radius 2 is 1.59 bits per heavy atom. The van der Waals surface area contributed by atoms with Gasteiger partial charge in [-0.1, -0.05) is 70.5 Å². The van der Waals surface area contributed by atoms with Crippen molar-refractivity contribution < 1.29 is 19.1 Å². The van der Waals surface area contributed by atoms with Crippen molar-refractivity contribution in [3.8, 4) is 11.5 Å². The van der Waals surface area contributed by atoms with E-state index in [1.165, 1.54) is 10.3 Å². The van der Waals surface area contributed by atoms with E-state index >= 15 is 0 Å². The second-order valence-electron chi connectivity index (χ2n) is 8.62. The highest BCUT2D eigenvalue weighted by atomic mass is 79.9. The van der Waals surface area contributed by atoms with Crippen LogP contribution in [0.4, 0.5) is 4.79 Å². The molecule has 186 valence electrons. The first-order valence-electron chi connectivity index (χ1n) is 12.0. The lowest BCUT2D eigenvalue weighted by atomic mass is 10.1. The molecule has 0 unspecified atom stereocenters. The Morgan fingerprint density at radius 1 is 0.838 bits per heavy atom. The van der Waals surface area contributed by atoms with Gasteiger partial charge in [0.1, 0.15) is 12.3 Å². The predicted octanol–water partition coefficient (Wildman–Crippen LogP) is 6.67. The highest BCUT2D eigenvalue weighted by Crippen LogP contribution is 2.31. The monoisotopic (exact) mass is 556 g/mol. The van der Waals surface area contributed by atoms with Gasteiger partial charge in [0.2, 0.25) is 0 Å². The summed E-state index contributed by atoms with van der Waals surface area (Å²) in [5, 5.41) is 5.02. The molecule has 3 amide bonds. The lowest BCUT2D eigenvalue weighted by Crippen LogP contribution is -2.30. The second-order valence-corrected chi connectivity index (χ2v) is 9.53. The highest BCUT2D eigenvalue weighted by molar-refractivity contribution is 9.10. The van der Waals surface area contributed by atoms with Crippen molar-refractivity contribution >= 4 is 44.7 Å². The number of fused-ring (bicyclic) bond motifs is 1. The largest absolute Gasteiger partial charge is 0.490 e. The molecule has 0 aromatic heterocycles. The van der Waals surface area contributed by atoms with Crippen molar-refractivity contribution in [2.75, 3.05) is 6.61 Å². The minimum atomic E-state index is -0.445. The Labute approximate surface area is 223 Å². The molecule has 0 bridgehead atoms. The van der Waals surface area contributed by atoms with Crippen LogP contribution < -0.4 is 14.8 Å². The van der Waals surface area contributed by atoms with Crippen molar-refractivity contribution in [2.45, 2.75) is 20.1 Å². The minimum Gasteiger partial charge on any atom is -0.490 e. The van der Waals surface area contributed by atoms with Gasteiger partial charge in [0.25, 0.3) is 5.91 Å². The zero-order valence-electron chi connectivity index (χ0n) is 20.2. The average Bonchev–Trinajstić information content (AvgIpc) is 3.16. The Hall–Kier alpha value is -4.10. The molecule has 0 radical (unpaired) electrons. The maximum atomic E-state index is 12.9. The first-order chi connectivity index (χ1) is 18.0. The number of imide groups is 1. The molecule has 1 aliphatic rings. The van der Waals surface area contributed by atoms with Gasteiger partial charge < -0.3 is 14.8 Å². The van der Waals surface area contributed by atoms with Crippen LogP contribution in [0.1, 0.15) is 23.6 Å². The summed E-state index contributed by atoms with van der Waals surface area (Å²) in [6.07, 6.45) is 1.65. The molecule has 1 aliphatic heterocycles. The van der Waals surface area contributed by atoms with Gasteiger partial charge in [-0.25, -0.2) is 4.79 Å². The van der Waals surface area contributed by atoms with Crippen LogP contribution in [0.3, 0.4) is 0 Å². The molecule has 1 saturated heterocycles. The fraction of sp³-hybridized carbons (Fsp3) is 0.133. The molecule has 0 spiro atoms. The number of carbonyl (C=O) groups is 2. The van der Waals surface area contributed by atoms with Gasteiger partial charge in [-0.15, -0.1) is 0 Å². The summed E-state index contributed by atoms with van der Waals surface area (Å²) in [6.45, 7) is 2.95. The quantitative estimate of drug-likeness (QED) is 0.194. The average molecular weight is 557 g/mol. The number of amides is 3. The van der Waals surface area contributed by atoms with Gasteiger partial charge in [0.05, 0.1) is 13.2 Å². The van der Waals surface area contributed by atoms with Crippen molar-refractivity contribution in [1.29, 1.82) is 0 Å². The molecule has 1 N–H and O–H groups in total. The summed E-state index contributed by atoms with van der Waals surface area (Å²) < 4.78 is 12.8. The number of hydrogen-bond acceptors (Lipinski definition) is 4. The second kappa shape index (κ2) is 10.9. The lowest BCUT2D eigenvalue weighted by Gasteiger charge is -2.13. The molecule has 6 nitrogen and oxygen atoms in total. The number of benzene rings is 4. The smallest absolute Gasteiger partial charge is 0.329 e. The summed E-state index contributed by atoms with van der Waals surface area (Å²) in [5.74, 6) is 0.805. The molecule has 4 aromatic rings. The Bertz CT molecular complexity index is 1500. The van der Waals surface area contributed by atoms with Gasteiger partial charge in [0, 0.05) is 4.47 Å². The fourth-order valence-corrected chi connectivity index (χ4v) is 4.41. The van der Waals surface area contributed by atoms with Gasteiger partial charge in [-0.3, -0.25) is 9.69 Å². The number of halogens is 1. The van der Waals surface area contributed by atoms with E-state index in [1.807, 2.05) is 61.5 Å². The third-order valence-electron chi connectivity index (χ3n) is 6.00. The molecule has 0 aliphatic carbocycles. The molecular weight excluding hydrogens is 532 g/mol. The van der Waals surface area contributed by atoms with E-state index < -0.39 is 6.03 Å². The summed E-state index contributed by atoms with van der Waals surface area (Å²) in [7, 11) is 0. The lowest BCUT2D eigenvalue weighted by molar-refractivity contribution is -0.123. The summed E-state index contributed by atoms with van der Waals surface area (Å²) in [4.78, 5) is 26.6. The molecule has 37 heavy (non-hydrogen) atoms. The number of nitrogens with one attached hydrogen (secondary N) is 1. The molecule has 0 saturated carbocycles. The topological polar surface area (TPSA) is 67.9 Å². The molecule has 5 rings (SSSR count). The SMILES string of the molecule is CCOc1cc(/C=C2/NC(=O)N(Cc3ccc(Br)cc3)C2=O)ccc1OCc1ccc2ccccc2c1. The normalized spacial score (nSPS) is 14.3. The third kappa shape index (κ3) is 5.67. The Balaban J connectivity index is 1.31. The van der Waals surface area contributed by atoms with E-state index in [0.717, 1.165) is 26.5 Å². The Morgan fingerprint density at radius 3 is 2.38 bits per heavy atom. The maximum Gasteiger partial charge on any atom is 0.329 e. The minimum absolute atomic E-state index is 0.195. The van der Waals surface area contributed by atoms with Crippen molar-refractivity contribution in [1.82, 2.24) is 10.2 Å². The summed E-state index contributed by atoms with van der Waals surface area (Å²) in [6, 6.07) is 27.0. The number of nitrogens with zero attached hydrogens (tertiary/aromatic N) is 1. The van der Waals surface area contributed by atoms with Crippen LogP contribution in [0.5, 0.6) is 11.5 Å². The van der Waals surface area contributed by atoms with E-state index in [1.54, 1.807) is 6.08 Å². The maximum absolute atomic E-state index is 12.9. The zero-order chi connectivity index (χ0) is 25.8. The van der Waals surface area contributed by atoms with Crippen molar-refractivity contribution in [3.63, 3.8) is 0 Å². The highest BCUT2D eigenvalue weighted by Gasteiger charge is 2.33. The van der Waals surface area contributed by atoms with Gasteiger partial charge >= 0.3 is 6.03 Å². The molecular formula is C30H25BrN2O4. The van der Waals surface area contributed by atoms with Gasteiger partial charge in [-0.05, 0) is 70.8 Å². The standard InChI is InChI=1S/C30H25BrN2O4/c1-2-36-28-17-21(10-14-27(28)37-19-22-7-11-23-5-3-4-6-24(23)15-22)16-26-29(34)33(30(35)32-26)18-20-8-12-25(31)13-9-20/h3-17H,2,18-19H2,1H3,(H,32,35)/b26-16+.